The molecule has 0 radical (unpaired) electrons. The molecule has 8 atom stereocenters. The Morgan fingerprint density at radius 1 is 0.800 bits per heavy atom. The molecule has 0 aromatic rings. The normalized spacial score (nSPS) is 58.6. The molecule has 4 aliphatic rings. The van der Waals surface area contributed by atoms with Crippen LogP contribution in [0.15, 0.2) is 0 Å². The Hall–Kier alpha value is -0.0800. The molecule has 0 saturated heterocycles. The van der Waals surface area contributed by atoms with Crippen molar-refractivity contribution in [2.45, 2.75) is 76.9 Å². The first-order valence-corrected chi connectivity index (χ1v) is 8.95. The number of fused-ring (bicyclic) bond motifs is 5. The van der Waals surface area contributed by atoms with Gasteiger partial charge in [-0.25, -0.2) is 0 Å². The molecule has 0 aromatic carbocycles. The van der Waals surface area contributed by atoms with Crippen molar-refractivity contribution in [2.75, 3.05) is 0 Å². The maximum atomic E-state index is 10.4. The van der Waals surface area contributed by atoms with E-state index in [0.29, 0.717) is 0 Å². The number of aliphatic hydroxyl groups is 2. The van der Waals surface area contributed by atoms with E-state index in [2.05, 4.69) is 6.92 Å². The molecule has 0 heterocycles. The Bertz CT molecular complexity index is 382. The molecule has 6 unspecified atom stereocenters. The lowest BCUT2D eigenvalue weighted by molar-refractivity contribution is -0.0913. The van der Waals surface area contributed by atoms with Gasteiger partial charge in [0.05, 0.1) is 12.2 Å². The Kier molecular flexibility index (Phi) is 3.20. The monoisotopic (exact) mass is 278 g/mol. The molecule has 0 aliphatic heterocycles. The summed E-state index contributed by atoms with van der Waals surface area (Å²) in [5, 5.41) is 20.3. The SMILES string of the molecule is C[C@]12CCC3C4CCC(O)CC4CCC3C1CC[C@H]2O. The fourth-order valence-electron chi connectivity index (χ4n) is 6.80. The third kappa shape index (κ3) is 1.83. The van der Waals surface area contributed by atoms with Crippen molar-refractivity contribution in [2.24, 2.45) is 35.0 Å². The van der Waals surface area contributed by atoms with E-state index in [9.17, 15) is 10.2 Å². The highest BCUT2D eigenvalue weighted by atomic mass is 16.3. The number of hydrogen-bond donors (Lipinski definition) is 2. The van der Waals surface area contributed by atoms with Gasteiger partial charge in [-0.2, -0.15) is 0 Å². The van der Waals surface area contributed by atoms with Crippen LogP contribution in [-0.4, -0.2) is 22.4 Å². The van der Waals surface area contributed by atoms with Crippen LogP contribution in [0.4, 0.5) is 0 Å². The van der Waals surface area contributed by atoms with Gasteiger partial charge in [-0.15, -0.1) is 0 Å². The fourth-order valence-corrected chi connectivity index (χ4v) is 6.80. The summed E-state index contributed by atoms with van der Waals surface area (Å²) in [7, 11) is 0. The van der Waals surface area contributed by atoms with E-state index >= 15 is 0 Å². The van der Waals surface area contributed by atoms with Crippen LogP contribution in [-0.2, 0) is 0 Å². The Morgan fingerprint density at radius 2 is 1.60 bits per heavy atom. The van der Waals surface area contributed by atoms with E-state index in [-0.39, 0.29) is 17.6 Å². The Balaban J connectivity index is 1.57. The van der Waals surface area contributed by atoms with Crippen molar-refractivity contribution < 1.29 is 10.2 Å². The molecule has 0 amide bonds. The van der Waals surface area contributed by atoms with Crippen molar-refractivity contribution in [3.63, 3.8) is 0 Å². The molecule has 4 rings (SSSR count). The summed E-state index contributed by atoms with van der Waals surface area (Å²) < 4.78 is 0. The highest BCUT2D eigenvalue weighted by molar-refractivity contribution is 5.06. The largest absolute Gasteiger partial charge is 0.393 e. The maximum absolute atomic E-state index is 10.4. The van der Waals surface area contributed by atoms with Gasteiger partial charge >= 0.3 is 0 Å². The van der Waals surface area contributed by atoms with Gasteiger partial charge in [0.15, 0.2) is 0 Å². The minimum Gasteiger partial charge on any atom is -0.393 e. The topological polar surface area (TPSA) is 40.5 Å². The second-order valence-corrected chi connectivity index (χ2v) is 8.54. The van der Waals surface area contributed by atoms with Crippen LogP contribution >= 0.6 is 0 Å². The third-order valence-corrected chi connectivity index (χ3v) is 7.88. The number of hydrogen-bond acceptors (Lipinski definition) is 2. The van der Waals surface area contributed by atoms with Gasteiger partial charge in [0.2, 0.25) is 0 Å². The molecule has 4 saturated carbocycles. The average molecular weight is 278 g/mol. The van der Waals surface area contributed by atoms with Gasteiger partial charge in [0, 0.05) is 0 Å². The summed E-state index contributed by atoms with van der Waals surface area (Å²) in [6.45, 7) is 2.36. The second-order valence-electron chi connectivity index (χ2n) is 8.54. The third-order valence-electron chi connectivity index (χ3n) is 7.88. The van der Waals surface area contributed by atoms with Gasteiger partial charge in [-0.1, -0.05) is 6.92 Å². The molecule has 0 bridgehead atoms. The smallest absolute Gasteiger partial charge is 0.0596 e. The zero-order chi connectivity index (χ0) is 13.9. The van der Waals surface area contributed by atoms with Gasteiger partial charge < -0.3 is 10.2 Å². The molecule has 20 heavy (non-hydrogen) atoms. The lowest BCUT2D eigenvalue weighted by Gasteiger charge is -2.55. The summed E-state index contributed by atoms with van der Waals surface area (Å²) >= 11 is 0. The van der Waals surface area contributed by atoms with Crippen molar-refractivity contribution in [1.29, 1.82) is 0 Å². The molecule has 4 aliphatic carbocycles. The molecule has 114 valence electrons. The van der Waals surface area contributed by atoms with Crippen LogP contribution < -0.4 is 0 Å². The zero-order valence-corrected chi connectivity index (χ0v) is 12.8. The molecule has 2 N–H and O–H groups in total. The quantitative estimate of drug-likeness (QED) is 0.713. The molecule has 2 heteroatoms. The van der Waals surface area contributed by atoms with Gasteiger partial charge in [-0.05, 0) is 92.8 Å². The maximum Gasteiger partial charge on any atom is 0.0596 e. The van der Waals surface area contributed by atoms with Crippen LogP contribution in [0.3, 0.4) is 0 Å². The van der Waals surface area contributed by atoms with Crippen molar-refractivity contribution in [3.8, 4) is 0 Å². The summed E-state index contributed by atoms with van der Waals surface area (Å²) in [5.41, 5.74) is 0.224. The Labute approximate surface area is 123 Å². The van der Waals surface area contributed by atoms with Crippen LogP contribution in [0.2, 0.25) is 0 Å². The zero-order valence-electron chi connectivity index (χ0n) is 12.8. The lowest BCUT2D eigenvalue weighted by Crippen LogP contribution is -2.49. The summed E-state index contributed by atoms with van der Waals surface area (Å²) in [6.07, 6.45) is 10.9. The second kappa shape index (κ2) is 4.71. The van der Waals surface area contributed by atoms with Crippen molar-refractivity contribution >= 4 is 0 Å². The molecule has 2 nitrogen and oxygen atoms in total. The predicted molar refractivity (Wildman–Crippen MR) is 79.1 cm³/mol. The van der Waals surface area contributed by atoms with E-state index in [1.165, 1.54) is 38.5 Å². The first-order chi connectivity index (χ1) is 9.59. The summed E-state index contributed by atoms with van der Waals surface area (Å²) in [5.74, 6) is 4.26. The predicted octanol–water partition coefficient (Wildman–Crippen LogP) is 3.36. The standard InChI is InChI=1S/C18H30O2/c1-18-9-8-14-13-5-3-12(19)10-11(13)2-4-15(14)16(18)6-7-17(18)20/h11-17,19-20H,2-10H2,1H3/t11?,12?,13?,14?,15?,16?,17-,18+/m1/s1. The lowest BCUT2D eigenvalue weighted by atomic mass is 9.50. The van der Waals surface area contributed by atoms with Crippen LogP contribution in [0.25, 0.3) is 0 Å². The summed E-state index contributed by atoms with van der Waals surface area (Å²) in [4.78, 5) is 0. The minimum atomic E-state index is -0.0423. The highest BCUT2D eigenvalue weighted by Gasteiger charge is 2.56. The summed E-state index contributed by atoms with van der Waals surface area (Å²) in [6, 6.07) is 0. The number of rotatable bonds is 0. The fraction of sp³-hybridized carbons (Fsp3) is 1.00. The first-order valence-electron chi connectivity index (χ1n) is 8.95. The number of aliphatic hydroxyl groups excluding tert-OH is 2. The van der Waals surface area contributed by atoms with Gasteiger partial charge in [-0.3, -0.25) is 0 Å². The van der Waals surface area contributed by atoms with E-state index in [4.69, 9.17) is 0 Å². The van der Waals surface area contributed by atoms with Crippen LogP contribution in [0.1, 0.15) is 64.7 Å². The van der Waals surface area contributed by atoms with Gasteiger partial charge in [0.25, 0.3) is 0 Å². The average Bonchev–Trinajstić information content (AvgIpc) is 2.74. The molecular formula is C18H30O2. The van der Waals surface area contributed by atoms with E-state index < -0.39 is 0 Å². The van der Waals surface area contributed by atoms with Crippen LogP contribution in [0.5, 0.6) is 0 Å². The molecular weight excluding hydrogens is 248 g/mol. The molecule has 0 aromatic heterocycles. The first kappa shape index (κ1) is 13.6. The Morgan fingerprint density at radius 3 is 2.45 bits per heavy atom. The molecule has 4 fully saturated rings. The van der Waals surface area contributed by atoms with E-state index in [1.807, 2.05) is 0 Å². The van der Waals surface area contributed by atoms with Crippen molar-refractivity contribution in [3.05, 3.63) is 0 Å². The van der Waals surface area contributed by atoms with Gasteiger partial charge in [0.1, 0.15) is 0 Å². The molecule has 0 spiro atoms. The minimum absolute atomic E-state index is 0.0186. The van der Waals surface area contributed by atoms with E-state index in [1.54, 1.807) is 0 Å². The highest BCUT2D eigenvalue weighted by Crippen LogP contribution is 2.62. The van der Waals surface area contributed by atoms with Crippen LogP contribution in [0, 0.1) is 35.0 Å². The van der Waals surface area contributed by atoms with Crippen molar-refractivity contribution in [1.82, 2.24) is 0 Å². The van der Waals surface area contributed by atoms with E-state index in [0.717, 1.165) is 48.9 Å².